The molecule has 82 valence electrons. The van der Waals surface area contributed by atoms with E-state index in [1.54, 1.807) is 25.1 Å². The summed E-state index contributed by atoms with van der Waals surface area (Å²) in [5.74, 6) is 0. The molecule has 0 aliphatic rings. The zero-order chi connectivity index (χ0) is 11.6. The van der Waals surface area contributed by atoms with Gasteiger partial charge in [-0.25, -0.2) is 0 Å². The zero-order valence-electron chi connectivity index (χ0n) is 7.70. The maximum absolute atomic E-state index is 12.2. The molecule has 0 aliphatic heterocycles. The molecule has 0 unspecified atom stereocenters. The van der Waals surface area contributed by atoms with Crippen molar-refractivity contribution in [2.75, 3.05) is 0 Å². The highest BCUT2D eigenvalue weighted by Crippen LogP contribution is 2.32. The molecule has 0 heterocycles. The summed E-state index contributed by atoms with van der Waals surface area (Å²) in [6, 6.07) is 5.10. The SMILES string of the molecule is Cc1ccc(Br)c(C=C(Cl)C(F)(F)F)c1. The van der Waals surface area contributed by atoms with Gasteiger partial charge in [0.15, 0.2) is 0 Å². The van der Waals surface area contributed by atoms with Crippen molar-refractivity contribution in [1.29, 1.82) is 0 Å². The van der Waals surface area contributed by atoms with Crippen molar-refractivity contribution in [3.63, 3.8) is 0 Å². The number of aryl methyl sites for hydroxylation is 1. The summed E-state index contributed by atoms with van der Waals surface area (Å²) in [4.78, 5) is 0. The maximum atomic E-state index is 12.2. The Morgan fingerprint density at radius 2 is 2.00 bits per heavy atom. The van der Waals surface area contributed by atoms with Crippen LogP contribution in [0.3, 0.4) is 0 Å². The van der Waals surface area contributed by atoms with E-state index in [-0.39, 0.29) is 0 Å². The van der Waals surface area contributed by atoms with Gasteiger partial charge < -0.3 is 0 Å². The minimum atomic E-state index is -4.50. The number of benzene rings is 1. The first-order valence-electron chi connectivity index (χ1n) is 4.01. The summed E-state index contributed by atoms with van der Waals surface area (Å²) in [7, 11) is 0. The molecule has 15 heavy (non-hydrogen) atoms. The first-order chi connectivity index (χ1) is 6.80. The van der Waals surface area contributed by atoms with E-state index < -0.39 is 11.2 Å². The Morgan fingerprint density at radius 3 is 2.53 bits per heavy atom. The molecule has 0 amide bonds. The van der Waals surface area contributed by atoms with Gasteiger partial charge in [0.1, 0.15) is 5.03 Å². The quantitative estimate of drug-likeness (QED) is 0.692. The molecule has 1 rings (SSSR count). The predicted molar refractivity (Wildman–Crippen MR) is 58.8 cm³/mol. The van der Waals surface area contributed by atoms with Gasteiger partial charge in [-0.05, 0) is 24.6 Å². The highest BCUT2D eigenvalue weighted by molar-refractivity contribution is 9.10. The first kappa shape index (κ1) is 12.6. The van der Waals surface area contributed by atoms with Gasteiger partial charge in [-0.2, -0.15) is 13.2 Å². The van der Waals surface area contributed by atoms with Crippen LogP contribution in [-0.4, -0.2) is 6.18 Å². The average molecular weight is 300 g/mol. The van der Waals surface area contributed by atoms with Crippen LogP contribution < -0.4 is 0 Å². The molecule has 0 bridgehead atoms. The molecule has 0 saturated carbocycles. The Kier molecular flexibility index (Phi) is 3.84. The smallest absolute Gasteiger partial charge is 0.165 e. The number of rotatable bonds is 1. The lowest BCUT2D eigenvalue weighted by Gasteiger charge is -2.05. The van der Waals surface area contributed by atoms with Crippen LogP contribution in [0, 0.1) is 6.92 Å². The van der Waals surface area contributed by atoms with E-state index in [1.165, 1.54) is 0 Å². The van der Waals surface area contributed by atoms with E-state index in [0.717, 1.165) is 11.6 Å². The summed E-state index contributed by atoms with van der Waals surface area (Å²) in [6.07, 6.45) is -3.59. The maximum Gasteiger partial charge on any atom is 0.426 e. The molecule has 0 atom stereocenters. The highest BCUT2D eigenvalue weighted by atomic mass is 79.9. The molecule has 1 aromatic carbocycles. The van der Waals surface area contributed by atoms with Crippen LogP contribution in [0.15, 0.2) is 27.7 Å². The topological polar surface area (TPSA) is 0 Å². The molecule has 0 saturated heterocycles. The van der Waals surface area contributed by atoms with E-state index in [1.807, 2.05) is 0 Å². The number of allylic oxidation sites excluding steroid dienone is 1. The fourth-order valence-corrected chi connectivity index (χ4v) is 1.47. The predicted octanol–water partition coefficient (Wildman–Crippen LogP) is 4.90. The molecule has 1 aromatic rings. The molecule has 0 nitrogen and oxygen atoms in total. The molecular formula is C10H7BrClF3. The largest absolute Gasteiger partial charge is 0.426 e. The van der Waals surface area contributed by atoms with Gasteiger partial charge in [-0.3, -0.25) is 0 Å². The van der Waals surface area contributed by atoms with Crippen molar-refractivity contribution in [2.24, 2.45) is 0 Å². The average Bonchev–Trinajstić information content (AvgIpc) is 2.09. The van der Waals surface area contributed by atoms with Crippen LogP contribution in [0.5, 0.6) is 0 Å². The van der Waals surface area contributed by atoms with Gasteiger partial charge in [0.2, 0.25) is 0 Å². The van der Waals surface area contributed by atoms with Crippen LogP contribution >= 0.6 is 27.5 Å². The lowest BCUT2D eigenvalue weighted by molar-refractivity contribution is -0.0836. The van der Waals surface area contributed by atoms with Gasteiger partial charge in [0.05, 0.1) is 0 Å². The molecule has 0 aromatic heterocycles. The van der Waals surface area contributed by atoms with Crippen LogP contribution in [0.4, 0.5) is 13.2 Å². The fourth-order valence-electron chi connectivity index (χ4n) is 0.992. The van der Waals surface area contributed by atoms with Crippen molar-refractivity contribution in [3.8, 4) is 0 Å². The summed E-state index contributed by atoms with van der Waals surface area (Å²) in [5, 5.41) is -1.13. The minimum absolute atomic E-state index is 0.414. The van der Waals surface area contributed by atoms with E-state index in [2.05, 4.69) is 15.9 Å². The molecule has 0 aliphatic carbocycles. The van der Waals surface area contributed by atoms with Crippen molar-refractivity contribution < 1.29 is 13.2 Å². The van der Waals surface area contributed by atoms with Crippen LogP contribution in [-0.2, 0) is 0 Å². The molecule has 0 N–H and O–H groups in total. The Morgan fingerprint density at radius 1 is 1.40 bits per heavy atom. The van der Waals surface area contributed by atoms with Gasteiger partial charge in [-0.15, -0.1) is 0 Å². The third-order valence-electron chi connectivity index (χ3n) is 1.70. The van der Waals surface area contributed by atoms with Crippen LogP contribution in [0.25, 0.3) is 6.08 Å². The Balaban J connectivity index is 3.13. The van der Waals surface area contributed by atoms with Crippen molar-refractivity contribution in [2.45, 2.75) is 13.1 Å². The second-order valence-electron chi connectivity index (χ2n) is 3.02. The van der Waals surface area contributed by atoms with Crippen molar-refractivity contribution in [1.82, 2.24) is 0 Å². The number of halogens is 5. The third-order valence-corrected chi connectivity index (χ3v) is 2.75. The number of hydrogen-bond donors (Lipinski definition) is 0. The summed E-state index contributed by atoms with van der Waals surface area (Å²) in [6.45, 7) is 1.80. The molecule has 0 fully saturated rings. The van der Waals surface area contributed by atoms with Gasteiger partial charge >= 0.3 is 6.18 Å². The molecule has 5 heteroatoms. The van der Waals surface area contributed by atoms with Gasteiger partial charge in [-0.1, -0.05) is 45.2 Å². The monoisotopic (exact) mass is 298 g/mol. The molecule has 0 radical (unpaired) electrons. The second-order valence-corrected chi connectivity index (χ2v) is 4.28. The summed E-state index contributed by atoms with van der Waals surface area (Å²) in [5.41, 5.74) is 1.29. The first-order valence-corrected chi connectivity index (χ1v) is 5.18. The number of alkyl halides is 3. The minimum Gasteiger partial charge on any atom is -0.165 e. The van der Waals surface area contributed by atoms with Gasteiger partial charge in [0, 0.05) is 4.47 Å². The Labute approximate surface area is 98.9 Å². The Hall–Kier alpha value is -0.480. The fraction of sp³-hybridized carbons (Fsp3) is 0.200. The third kappa shape index (κ3) is 3.54. The highest BCUT2D eigenvalue weighted by Gasteiger charge is 2.32. The molecule has 0 spiro atoms. The van der Waals surface area contributed by atoms with Crippen LogP contribution in [0.1, 0.15) is 11.1 Å². The lowest BCUT2D eigenvalue weighted by Crippen LogP contribution is -2.06. The van der Waals surface area contributed by atoms with Gasteiger partial charge in [0.25, 0.3) is 0 Å². The zero-order valence-corrected chi connectivity index (χ0v) is 10.0. The van der Waals surface area contributed by atoms with Crippen LogP contribution in [0.2, 0.25) is 0 Å². The van der Waals surface area contributed by atoms with E-state index >= 15 is 0 Å². The normalized spacial score (nSPS) is 13.1. The lowest BCUT2D eigenvalue weighted by atomic mass is 10.1. The van der Waals surface area contributed by atoms with E-state index in [9.17, 15) is 13.2 Å². The van der Waals surface area contributed by atoms with E-state index in [0.29, 0.717) is 10.0 Å². The second kappa shape index (κ2) is 4.58. The summed E-state index contributed by atoms with van der Waals surface area (Å²) < 4.78 is 37.0. The Bertz CT molecular complexity index is 396. The number of hydrogen-bond acceptors (Lipinski definition) is 0. The molecular weight excluding hydrogens is 292 g/mol. The summed E-state index contributed by atoms with van der Waals surface area (Å²) >= 11 is 8.29. The standard InChI is InChI=1S/C10H7BrClF3/c1-6-2-3-8(11)7(4-6)5-9(12)10(13,14)15/h2-5H,1H3. The van der Waals surface area contributed by atoms with Crippen molar-refractivity contribution >= 4 is 33.6 Å². The van der Waals surface area contributed by atoms with Crippen molar-refractivity contribution in [3.05, 3.63) is 38.8 Å². The van der Waals surface area contributed by atoms with E-state index in [4.69, 9.17) is 11.6 Å².